The van der Waals surface area contributed by atoms with Gasteiger partial charge in [0.15, 0.2) is 0 Å². The number of anilines is 1. The van der Waals surface area contributed by atoms with Crippen molar-refractivity contribution in [2.75, 3.05) is 11.9 Å². The van der Waals surface area contributed by atoms with E-state index in [9.17, 15) is 4.79 Å². The second-order valence-corrected chi connectivity index (χ2v) is 7.11. The molecule has 2 aromatic rings. The van der Waals surface area contributed by atoms with Crippen molar-refractivity contribution < 1.29 is 4.79 Å². The van der Waals surface area contributed by atoms with E-state index in [2.05, 4.69) is 52.7 Å². The Labute approximate surface area is 156 Å². The highest BCUT2D eigenvalue weighted by molar-refractivity contribution is 14.1. The molecule has 0 saturated carbocycles. The summed E-state index contributed by atoms with van der Waals surface area (Å²) in [4.78, 5) is 14.4. The SMILES string of the molecule is CC(C)N(CC(=O)Nc1cccc(I)c1)Cc1ccc(C#N)cc1. The van der Waals surface area contributed by atoms with Crippen LogP contribution in [0.2, 0.25) is 0 Å². The topological polar surface area (TPSA) is 56.1 Å². The number of carbonyl (C=O) groups is 1. The third-order valence-electron chi connectivity index (χ3n) is 3.65. The van der Waals surface area contributed by atoms with Crippen LogP contribution in [-0.4, -0.2) is 23.4 Å². The molecule has 24 heavy (non-hydrogen) atoms. The number of amides is 1. The summed E-state index contributed by atoms with van der Waals surface area (Å²) in [5.41, 5.74) is 2.55. The molecule has 4 nitrogen and oxygen atoms in total. The van der Waals surface area contributed by atoms with Crippen LogP contribution in [0.1, 0.15) is 25.0 Å². The maximum atomic E-state index is 12.3. The Bertz CT molecular complexity index is 735. The maximum Gasteiger partial charge on any atom is 0.238 e. The number of hydrogen-bond donors (Lipinski definition) is 1. The Kier molecular flexibility index (Phi) is 6.76. The van der Waals surface area contributed by atoms with Gasteiger partial charge in [-0.1, -0.05) is 18.2 Å². The van der Waals surface area contributed by atoms with Gasteiger partial charge in [0.1, 0.15) is 0 Å². The first-order valence-corrected chi connectivity index (χ1v) is 8.84. The second kappa shape index (κ2) is 8.81. The van der Waals surface area contributed by atoms with Gasteiger partial charge < -0.3 is 5.32 Å². The zero-order valence-corrected chi connectivity index (χ0v) is 15.9. The standard InChI is InChI=1S/C19H20IN3O/c1-14(2)23(12-16-8-6-15(11-21)7-9-16)13-19(24)22-18-5-3-4-17(20)10-18/h3-10,14H,12-13H2,1-2H3,(H,22,24). The molecule has 2 aromatic carbocycles. The maximum absolute atomic E-state index is 12.3. The average Bonchev–Trinajstić information content (AvgIpc) is 2.54. The molecular weight excluding hydrogens is 413 g/mol. The van der Waals surface area contributed by atoms with Gasteiger partial charge in [-0.15, -0.1) is 0 Å². The minimum atomic E-state index is -0.0284. The molecule has 124 valence electrons. The zero-order valence-electron chi connectivity index (χ0n) is 13.8. The fourth-order valence-electron chi connectivity index (χ4n) is 2.29. The van der Waals surface area contributed by atoms with Gasteiger partial charge in [0.2, 0.25) is 5.91 Å². The first-order valence-electron chi connectivity index (χ1n) is 7.76. The van der Waals surface area contributed by atoms with E-state index in [1.165, 1.54) is 0 Å². The van der Waals surface area contributed by atoms with Gasteiger partial charge in [-0.3, -0.25) is 9.69 Å². The van der Waals surface area contributed by atoms with Gasteiger partial charge in [0.05, 0.1) is 18.2 Å². The fraction of sp³-hybridized carbons (Fsp3) is 0.263. The van der Waals surface area contributed by atoms with E-state index in [1.54, 1.807) is 12.1 Å². The Morgan fingerprint density at radius 3 is 2.54 bits per heavy atom. The van der Waals surface area contributed by atoms with Crippen molar-refractivity contribution in [2.24, 2.45) is 0 Å². The van der Waals surface area contributed by atoms with Crippen LogP contribution in [0.4, 0.5) is 5.69 Å². The van der Waals surface area contributed by atoms with E-state index in [1.807, 2.05) is 36.4 Å². The second-order valence-electron chi connectivity index (χ2n) is 5.87. The van der Waals surface area contributed by atoms with E-state index < -0.39 is 0 Å². The molecule has 0 bridgehead atoms. The molecule has 2 rings (SSSR count). The number of carbonyl (C=O) groups excluding carboxylic acids is 1. The smallest absolute Gasteiger partial charge is 0.238 e. The molecule has 0 aliphatic carbocycles. The summed E-state index contributed by atoms with van der Waals surface area (Å²) >= 11 is 2.22. The van der Waals surface area contributed by atoms with Crippen molar-refractivity contribution >= 4 is 34.2 Å². The van der Waals surface area contributed by atoms with Crippen molar-refractivity contribution in [1.82, 2.24) is 4.90 Å². The van der Waals surface area contributed by atoms with Crippen molar-refractivity contribution in [2.45, 2.75) is 26.4 Å². The van der Waals surface area contributed by atoms with E-state index in [0.717, 1.165) is 14.8 Å². The van der Waals surface area contributed by atoms with Crippen molar-refractivity contribution in [3.63, 3.8) is 0 Å². The van der Waals surface area contributed by atoms with Crippen molar-refractivity contribution in [1.29, 1.82) is 5.26 Å². The number of hydrogen-bond acceptors (Lipinski definition) is 3. The Balaban J connectivity index is 1.99. The summed E-state index contributed by atoms with van der Waals surface area (Å²) < 4.78 is 1.09. The number of nitriles is 1. The minimum absolute atomic E-state index is 0.0284. The van der Waals surface area contributed by atoms with Gasteiger partial charge in [-0.05, 0) is 72.3 Å². The lowest BCUT2D eigenvalue weighted by atomic mass is 10.1. The third-order valence-corrected chi connectivity index (χ3v) is 4.33. The lowest BCUT2D eigenvalue weighted by molar-refractivity contribution is -0.117. The minimum Gasteiger partial charge on any atom is -0.325 e. The largest absolute Gasteiger partial charge is 0.325 e. The molecule has 0 radical (unpaired) electrons. The number of halogens is 1. The molecule has 0 aromatic heterocycles. The summed E-state index contributed by atoms with van der Waals surface area (Å²) in [6, 6.07) is 17.6. The van der Waals surface area contributed by atoms with Gasteiger partial charge in [0, 0.05) is 21.8 Å². The summed E-state index contributed by atoms with van der Waals surface area (Å²) in [6.07, 6.45) is 0. The Hall–Kier alpha value is -1.91. The summed E-state index contributed by atoms with van der Waals surface area (Å²) in [7, 11) is 0. The molecule has 0 saturated heterocycles. The number of benzene rings is 2. The van der Waals surface area contributed by atoms with Gasteiger partial charge in [-0.2, -0.15) is 5.26 Å². The van der Waals surface area contributed by atoms with Crippen LogP contribution in [0, 0.1) is 14.9 Å². The number of nitrogens with zero attached hydrogens (tertiary/aromatic N) is 2. The molecule has 0 aliphatic rings. The van der Waals surface area contributed by atoms with Gasteiger partial charge >= 0.3 is 0 Å². The van der Waals surface area contributed by atoms with E-state index in [-0.39, 0.29) is 11.9 Å². The lowest BCUT2D eigenvalue weighted by Crippen LogP contribution is -2.37. The van der Waals surface area contributed by atoms with Crippen LogP contribution >= 0.6 is 22.6 Å². The molecule has 0 fully saturated rings. The first-order chi connectivity index (χ1) is 11.5. The predicted octanol–water partition coefficient (Wildman–Crippen LogP) is 4.01. The van der Waals surface area contributed by atoms with Crippen LogP contribution in [0.15, 0.2) is 48.5 Å². The molecule has 0 heterocycles. The molecular formula is C19H20IN3O. The summed E-state index contributed by atoms with van der Waals surface area (Å²) in [5.74, 6) is -0.0284. The highest BCUT2D eigenvalue weighted by Gasteiger charge is 2.15. The lowest BCUT2D eigenvalue weighted by Gasteiger charge is -2.26. The molecule has 1 N–H and O–H groups in total. The molecule has 5 heteroatoms. The monoisotopic (exact) mass is 433 g/mol. The average molecular weight is 433 g/mol. The number of rotatable bonds is 6. The van der Waals surface area contributed by atoms with E-state index in [4.69, 9.17) is 5.26 Å². The molecule has 1 amide bonds. The van der Waals surface area contributed by atoms with Crippen LogP contribution in [0.3, 0.4) is 0 Å². The first kappa shape index (κ1) is 18.4. The number of nitrogens with one attached hydrogen (secondary N) is 1. The van der Waals surface area contributed by atoms with Gasteiger partial charge in [-0.25, -0.2) is 0 Å². The van der Waals surface area contributed by atoms with Crippen molar-refractivity contribution in [3.05, 3.63) is 63.2 Å². The Morgan fingerprint density at radius 1 is 1.25 bits per heavy atom. The quantitative estimate of drug-likeness (QED) is 0.701. The predicted molar refractivity (Wildman–Crippen MR) is 104 cm³/mol. The van der Waals surface area contributed by atoms with Crippen LogP contribution in [0.25, 0.3) is 0 Å². The Morgan fingerprint density at radius 2 is 1.96 bits per heavy atom. The van der Waals surface area contributed by atoms with Gasteiger partial charge in [0.25, 0.3) is 0 Å². The molecule has 0 unspecified atom stereocenters. The zero-order chi connectivity index (χ0) is 17.5. The summed E-state index contributed by atoms with van der Waals surface area (Å²) in [6.45, 7) is 5.14. The van der Waals surface area contributed by atoms with Crippen LogP contribution < -0.4 is 5.32 Å². The molecule has 0 aliphatic heterocycles. The molecule has 0 spiro atoms. The van der Waals surface area contributed by atoms with Crippen LogP contribution in [0.5, 0.6) is 0 Å². The highest BCUT2D eigenvalue weighted by atomic mass is 127. The molecule has 0 atom stereocenters. The highest BCUT2D eigenvalue weighted by Crippen LogP contribution is 2.13. The van der Waals surface area contributed by atoms with E-state index >= 15 is 0 Å². The normalized spacial score (nSPS) is 10.7. The van der Waals surface area contributed by atoms with E-state index in [0.29, 0.717) is 18.7 Å². The summed E-state index contributed by atoms with van der Waals surface area (Å²) in [5, 5.41) is 11.8. The van der Waals surface area contributed by atoms with Crippen molar-refractivity contribution in [3.8, 4) is 6.07 Å². The third kappa shape index (κ3) is 5.62. The van der Waals surface area contributed by atoms with Crippen LogP contribution in [-0.2, 0) is 11.3 Å². The fourth-order valence-corrected chi connectivity index (χ4v) is 2.83.